The molecule has 0 bridgehead atoms. The zero-order valence-electron chi connectivity index (χ0n) is 24.4. The number of carbonyl (C=O) groups excluding carboxylic acids is 1. The Kier molecular flexibility index (Phi) is 11.0. The molecular weight excluding hydrogens is 536 g/mol. The first-order valence-corrected chi connectivity index (χ1v) is 14.2. The molecule has 0 spiro atoms. The number of rotatable bonds is 14. The number of furan rings is 1. The molecular formula is C34H39F2N3O3. The molecule has 1 amide bonds. The molecule has 0 aliphatic carbocycles. The van der Waals surface area contributed by atoms with Gasteiger partial charge in [0.15, 0.2) is 0 Å². The molecule has 0 fully saturated rings. The van der Waals surface area contributed by atoms with Gasteiger partial charge in [-0.1, -0.05) is 42.8 Å². The van der Waals surface area contributed by atoms with Crippen LogP contribution in [0.5, 0.6) is 0 Å². The fourth-order valence-corrected chi connectivity index (χ4v) is 5.10. The van der Waals surface area contributed by atoms with Crippen molar-refractivity contribution in [3.05, 3.63) is 130 Å². The third-order valence-electron chi connectivity index (χ3n) is 7.10. The molecule has 1 aromatic heterocycles. The predicted molar refractivity (Wildman–Crippen MR) is 160 cm³/mol. The molecule has 0 radical (unpaired) electrons. The van der Waals surface area contributed by atoms with E-state index >= 15 is 0 Å². The van der Waals surface area contributed by atoms with E-state index in [9.17, 15) is 18.7 Å². The van der Waals surface area contributed by atoms with Crippen LogP contribution in [0.2, 0.25) is 0 Å². The predicted octanol–water partition coefficient (Wildman–Crippen LogP) is 5.55. The molecule has 3 N–H and O–H groups in total. The minimum atomic E-state index is -1.02. The van der Waals surface area contributed by atoms with Gasteiger partial charge >= 0.3 is 0 Å². The van der Waals surface area contributed by atoms with Crippen LogP contribution in [0.25, 0.3) is 0 Å². The molecule has 0 saturated heterocycles. The number of hydrogen-bond acceptors (Lipinski definition) is 5. The number of amides is 1. The number of aliphatic hydroxyl groups is 1. The van der Waals surface area contributed by atoms with E-state index in [0.717, 1.165) is 34.9 Å². The second-order valence-electron chi connectivity index (χ2n) is 10.9. The lowest BCUT2D eigenvalue weighted by atomic mass is 9.99. The summed E-state index contributed by atoms with van der Waals surface area (Å²) < 4.78 is 33.4. The quantitative estimate of drug-likeness (QED) is 0.184. The summed E-state index contributed by atoms with van der Waals surface area (Å²) in [5.41, 5.74) is 4.97. The zero-order valence-corrected chi connectivity index (χ0v) is 24.4. The average molecular weight is 576 g/mol. The Bertz CT molecular complexity index is 1440. The van der Waals surface area contributed by atoms with Gasteiger partial charge in [-0.05, 0) is 85.5 Å². The van der Waals surface area contributed by atoms with Crippen molar-refractivity contribution in [2.24, 2.45) is 0 Å². The Morgan fingerprint density at radius 2 is 1.69 bits per heavy atom. The molecule has 2 unspecified atom stereocenters. The Morgan fingerprint density at radius 1 is 0.929 bits per heavy atom. The summed E-state index contributed by atoms with van der Waals surface area (Å²) >= 11 is 0. The van der Waals surface area contributed by atoms with E-state index in [1.54, 1.807) is 12.3 Å². The molecule has 2 atom stereocenters. The maximum atomic E-state index is 14.0. The second-order valence-corrected chi connectivity index (χ2v) is 10.9. The minimum absolute atomic E-state index is 0.0547. The van der Waals surface area contributed by atoms with Gasteiger partial charge in [-0.3, -0.25) is 9.69 Å². The lowest BCUT2D eigenvalue weighted by Crippen LogP contribution is -2.48. The van der Waals surface area contributed by atoms with Gasteiger partial charge in [-0.2, -0.15) is 0 Å². The third-order valence-corrected chi connectivity index (χ3v) is 7.10. The Labute approximate surface area is 246 Å². The van der Waals surface area contributed by atoms with Crippen molar-refractivity contribution >= 4 is 5.91 Å². The van der Waals surface area contributed by atoms with Crippen LogP contribution in [0.4, 0.5) is 8.78 Å². The lowest BCUT2D eigenvalue weighted by Gasteiger charge is -2.25. The van der Waals surface area contributed by atoms with Crippen molar-refractivity contribution in [1.82, 2.24) is 15.5 Å². The first kappa shape index (κ1) is 31.1. The molecule has 1 heterocycles. The number of nitrogens with zero attached hydrogens (tertiary/aromatic N) is 1. The lowest BCUT2D eigenvalue weighted by molar-refractivity contribution is 0.0829. The van der Waals surface area contributed by atoms with Gasteiger partial charge < -0.3 is 20.2 Å². The van der Waals surface area contributed by atoms with Crippen molar-refractivity contribution in [2.45, 2.75) is 58.5 Å². The van der Waals surface area contributed by atoms with E-state index in [-0.39, 0.29) is 18.9 Å². The largest absolute Gasteiger partial charge is 0.468 e. The number of nitrogens with one attached hydrogen (secondary N) is 2. The topological polar surface area (TPSA) is 77.7 Å². The highest BCUT2D eigenvalue weighted by atomic mass is 19.1. The van der Waals surface area contributed by atoms with Crippen molar-refractivity contribution in [2.75, 3.05) is 13.6 Å². The van der Waals surface area contributed by atoms with Gasteiger partial charge in [0, 0.05) is 31.3 Å². The minimum Gasteiger partial charge on any atom is -0.468 e. The van der Waals surface area contributed by atoms with E-state index in [0.29, 0.717) is 30.8 Å². The average Bonchev–Trinajstić information content (AvgIpc) is 3.44. The summed E-state index contributed by atoms with van der Waals surface area (Å²) in [5, 5.41) is 17.3. The van der Waals surface area contributed by atoms with Crippen LogP contribution >= 0.6 is 0 Å². The van der Waals surface area contributed by atoms with Gasteiger partial charge in [0.05, 0.1) is 25.0 Å². The van der Waals surface area contributed by atoms with Crippen molar-refractivity contribution < 1.29 is 23.1 Å². The Morgan fingerprint density at radius 3 is 2.40 bits per heavy atom. The summed E-state index contributed by atoms with van der Waals surface area (Å²) in [4.78, 5) is 15.6. The summed E-state index contributed by atoms with van der Waals surface area (Å²) in [5.74, 6) is -0.938. The Hall–Kier alpha value is -3.85. The number of aryl methyl sites for hydroxylation is 2. The molecule has 42 heavy (non-hydrogen) atoms. The smallest absolute Gasteiger partial charge is 0.251 e. The fourth-order valence-electron chi connectivity index (χ4n) is 5.10. The molecule has 3 aromatic carbocycles. The van der Waals surface area contributed by atoms with Crippen LogP contribution in [-0.4, -0.2) is 41.7 Å². The molecule has 8 heteroatoms. The second kappa shape index (κ2) is 14.9. The van der Waals surface area contributed by atoms with Crippen LogP contribution < -0.4 is 10.6 Å². The Balaban J connectivity index is 1.46. The van der Waals surface area contributed by atoms with Gasteiger partial charge in [0.2, 0.25) is 0 Å². The van der Waals surface area contributed by atoms with Crippen LogP contribution in [0, 0.1) is 18.6 Å². The van der Waals surface area contributed by atoms with E-state index in [1.165, 1.54) is 17.7 Å². The maximum absolute atomic E-state index is 14.0. The number of halogens is 2. The summed E-state index contributed by atoms with van der Waals surface area (Å²) in [6, 6.07) is 20.0. The molecule has 0 saturated carbocycles. The molecule has 6 nitrogen and oxygen atoms in total. The van der Waals surface area contributed by atoms with Crippen molar-refractivity contribution in [3.63, 3.8) is 0 Å². The molecule has 222 valence electrons. The van der Waals surface area contributed by atoms with Gasteiger partial charge in [0.1, 0.15) is 17.4 Å². The van der Waals surface area contributed by atoms with Gasteiger partial charge in [-0.15, -0.1) is 0 Å². The standard InChI is InChI=1S/C34H39F2N3O3/c1-4-24-7-5-8-25(13-24)19-37-20-33(40)32(17-26-15-29(35)18-30(36)16-26)38-34(41)28-12-23(2)11-27(14-28)21-39(3)22-31-9-6-10-42-31/h5-16,18,32-33,37,40H,4,17,19-22H2,1-3H3,(H,38,41). The van der Waals surface area contributed by atoms with Gasteiger partial charge in [-0.25, -0.2) is 8.78 Å². The number of benzene rings is 3. The van der Waals surface area contributed by atoms with Crippen LogP contribution in [0.1, 0.15) is 50.9 Å². The first-order chi connectivity index (χ1) is 20.2. The highest BCUT2D eigenvalue weighted by molar-refractivity contribution is 5.94. The molecule has 0 aliphatic rings. The maximum Gasteiger partial charge on any atom is 0.251 e. The first-order valence-electron chi connectivity index (χ1n) is 14.2. The number of aliphatic hydroxyl groups excluding tert-OH is 1. The van der Waals surface area contributed by atoms with Gasteiger partial charge in [0.25, 0.3) is 5.91 Å². The molecule has 4 rings (SSSR count). The molecule has 0 aliphatic heterocycles. The van der Waals surface area contributed by atoms with E-state index in [2.05, 4.69) is 34.6 Å². The van der Waals surface area contributed by atoms with Crippen molar-refractivity contribution in [1.29, 1.82) is 0 Å². The van der Waals surface area contributed by atoms with E-state index < -0.39 is 23.8 Å². The fraction of sp³-hybridized carbons (Fsp3) is 0.324. The zero-order chi connectivity index (χ0) is 30.1. The van der Waals surface area contributed by atoms with E-state index in [4.69, 9.17) is 4.42 Å². The number of hydrogen-bond donors (Lipinski definition) is 3. The van der Waals surface area contributed by atoms with E-state index in [1.807, 2.05) is 50.4 Å². The van der Waals surface area contributed by atoms with Crippen molar-refractivity contribution in [3.8, 4) is 0 Å². The molecule has 4 aromatic rings. The summed E-state index contributed by atoms with van der Waals surface area (Å²) in [6.45, 7) is 5.95. The third kappa shape index (κ3) is 9.34. The number of carbonyl (C=O) groups is 1. The SMILES string of the molecule is CCc1cccc(CNCC(O)C(Cc2cc(F)cc(F)c2)NC(=O)c2cc(C)cc(CN(C)Cc3ccco3)c2)c1. The van der Waals surface area contributed by atoms with Crippen LogP contribution in [0.15, 0.2) is 83.5 Å². The highest BCUT2D eigenvalue weighted by Crippen LogP contribution is 2.16. The highest BCUT2D eigenvalue weighted by Gasteiger charge is 2.23. The monoisotopic (exact) mass is 575 g/mol. The van der Waals surface area contributed by atoms with Crippen LogP contribution in [-0.2, 0) is 32.5 Å². The summed E-state index contributed by atoms with van der Waals surface area (Å²) in [7, 11) is 1.97. The normalized spacial score (nSPS) is 12.8. The summed E-state index contributed by atoms with van der Waals surface area (Å²) in [6.07, 6.45) is 1.61. The van der Waals surface area contributed by atoms with Crippen LogP contribution in [0.3, 0.4) is 0 Å².